The standard InChI is InChI=1S/C8H15N5/c1-8(2,3)13-6-4-5(9)11-7(10)12-6/h4H,1-3H3,(H5,9,10,11,12,13). The normalized spacial score (nSPS) is 11.3. The first-order valence-electron chi connectivity index (χ1n) is 4.05. The number of anilines is 3. The minimum absolute atomic E-state index is 0.0623. The van der Waals surface area contributed by atoms with E-state index in [1.54, 1.807) is 6.07 Å². The van der Waals surface area contributed by atoms with Gasteiger partial charge in [-0.25, -0.2) is 0 Å². The van der Waals surface area contributed by atoms with E-state index in [4.69, 9.17) is 11.5 Å². The topological polar surface area (TPSA) is 89.8 Å². The zero-order chi connectivity index (χ0) is 10.1. The Morgan fingerprint density at radius 3 is 2.31 bits per heavy atom. The monoisotopic (exact) mass is 181 g/mol. The molecule has 0 radical (unpaired) electrons. The van der Waals surface area contributed by atoms with E-state index in [1.807, 2.05) is 20.8 Å². The Hall–Kier alpha value is -1.52. The van der Waals surface area contributed by atoms with Gasteiger partial charge >= 0.3 is 0 Å². The largest absolute Gasteiger partial charge is 0.383 e. The van der Waals surface area contributed by atoms with Crippen LogP contribution < -0.4 is 16.8 Å². The summed E-state index contributed by atoms with van der Waals surface area (Å²) >= 11 is 0. The van der Waals surface area contributed by atoms with Gasteiger partial charge in [-0.3, -0.25) is 0 Å². The number of hydrogen-bond acceptors (Lipinski definition) is 5. The summed E-state index contributed by atoms with van der Waals surface area (Å²) in [5.41, 5.74) is 10.9. The SMILES string of the molecule is CC(C)(C)Nc1cc(N)nc(N)n1. The first-order chi connectivity index (χ1) is 5.87. The van der Waals surface area contributed by atoms with Crippen LogP contribution in [0.25, 0.3) is 0 Å². The molecular weight excluding hydrogens is 166 g/mol. The second kappa shape index (κ2) is 3.08. The zero-order valence-corrected chi connectivity index (χ0v) is 8.13. The van der Waals surface area contributed by atoms with Crippen LogP contribution in [0.2, 0.25) is 0 Å². The maximum absolute atomic E-state index is 5.51. The van der Waals surface area contributed by atoms with Crippen LogP contribution in [0.15, 0.2) is 6.07 Å². The van der Waals surface area contributed by atoms with Crippen molar-refractivity contribution in [1.29, 1.82) is 0 Å². The number of nitrogen functional groups attached to an aromatic ring is 2. The Bertz CT molecular complexity index is 282. The second-order valence-corrected chi connectivity index (χ2v) is 3.91. The maximum Gasteiger partial charge on any atom is 0.223 e. The fraction of sp³-hybridized carbons (Fsp3) is 0.500. The Labute approximate surface area is 77.6 Å². The molecule has 0 aromatic carbocycles. The van der Waals surface area contributed by atoms with Crippen molar-refractivity contribution in [2.24, 2.45) is 0 Å². The van der Waals surface area contributed by atoms with Gasteiger partial charge in [-0.2, -0.15) is 9.97 Å². The summed E-state index contributed by atoms with van der Waals surface area (Å²) < 4.78 is 0. The third kappa shape index (κ3) is 3.14. The lowest BCUT2D eigenvalue weighted by atomic mass is 10.1. The van der Waals surface area contributed by atoms with Crippen molar-refractivity contribution in [2.75, 3.05) is 16.8 Å². The first kappa shape index (κ1) is 9.57. The summed E-state index contributed by atoms with van der Waals surface area (Å²) in [7, 11) is 0. The van der Waals surface area contributed by atoms with Gasteiger partial charge in [0.25, 0.3) is 0 Å². The van der Waals surface area contributed by atoms with E-state index in [9.17, 15) is 0 Å². The van der Waals surface area contributed by atoms with Gasteiger partial charge < -0.3 is 16.8 Å². The highest BCUT2D eigenvalue weighted by Gasteiger charge is 2.10. The molecule has 0 fully saturated rings. The van der Waals surface area contributed by atoms with Crippen molar-refractivity contribution in [1.82, 2.24) is 9.97 Å². The number of nitrogens with one attached hydrogen (secondary N) is 1. The number of nitrogens with zero attached hydrogens (tertiary/aromatic N) is 2. The van der Waals surface area contributed by atoms with Crippen LogP contribution in [-0.4, -0.2) is 15.5 Å². The Kier molecular flexibility index (Phi) is 2.27. The van der Waals surface area contributed by atoms with Gasteiger partial charge in [0.15, 0.2) is 0 Å². The molecule has 0 saturated heterocycles. The van der Waals surface area contributed by atoms with Gasteiger partial charge in [0.2, 0.25) is 5.95 Å². The van der Waals surface area contributed by atoms with Crippen molar-refractivity contribution in [3.05, 3.63) is 6.07 Å². The molecule has 0 aliphatic rings. The third-order valence-electron chi connectivity index (χ3n) is 1.27. The number of aromatic nitrogens is 2. The van der Waals surface area contributed by atoms with Crippen LogP contribution in [0.1, 0.15) is 20.8 Å². The predicted molar refractivity (Wildman–Crippen MR) is 54.2 cm³/mol. The lowest BCUT2D eigenvalue weighted by molar-refractivity contribution is 0.630. The van der Waals surface area contributed by atoms with E-state index in [0.717, 1.165) is 0 Å². The van der Waals surface area contributed by atoms with Crippen LogP contribution in [0.5, 0.6) is 0 Å². The van der Waals surface area contributed by atoms with E-state index in [-0.39, 0.29) is 11.5 Å². The number of hydrogen-bond donors (Lipinski definition) is 3. The molecule has 0 bridgehead atoms. The molecule has 1 heterocycles. The van der Waals surface area contributed by atoms with E-state index < -0.39 is 0 Å². The molecule has 0 saturated carbocycles. The molecule has 0 aliphatic heterocycles. The van der Waals surface area contributed by atoms with Gasteiger partial charge in [-0.1, -0.05) is 0 Å². The average molecular weight is 181 g/mol. The highest BCUT2D eigenvalue weighted by Crippen LogP contribution is 2.14. The fourth-order valence-corrected chi connectivity index (χ4v) is 0.934. The smallest absolute Gasteiger partial charge is 0.223 e. The summed E-state index contributed by atoms with van der Waals surface area (Å²) in [4.78, 5) is 7.76. The molecule has 0 spiro atoms. The molecule has 1 aromatic rings. The molecular formula is C8H15N5. The van der Waals surface area contributed by atoms with Crippen LogP contribution >= 0.6 is 0 Å². The summed E-state index contributed by atoms with van der Waals surface area (Å²) in [6, 6.07) is 1.65. The highest BCUT2D eigenvalue weighted by molar-refractivity contribution is 5.49. The number of nitrogens with two attached hydrogens (primary N) is 2. The van der Waals surface area contributed by atoms with E-state index >= 15 is 0 Å². The summed E-state index contributed by atoms with van der Waals surface area (Å²) in [6.07, 6.45) is 0. The summed E-state index contributed by atoms with van der Waals surface area (Å²) in [6.45, 7) is 6.09. The zero-order valence-electron chi connectivity index (χ0n) is 8.13. The lowest BCUT2D eigenvalue weighted by Gasteiger charge is -2.21. The minimum Gasteiger partial charge on any atom is -0.383 e. The Balaban J connectivity index is 2.90. The van der Waals surface area contributed by atoms with Gasteiger partial charge in [0.1, 0.15) is 11.6 Å². The van der Waals surface area contributed by atoms with Crippen molar-refractivity contribution in [3.63, 3.8) is 0 Å². The Morgan fingerprint density at radius 2 is 1.85 bits per heavy atom. The molecule has 5 N–H and O–H groups in total. The third-order valence-corrected chi connectivity index (χ3v) is 1.27. The van der Waals surface area contributed by atoms with Crippen molar-refractivity contribution >= 4 is 17.6 Å². The van der Waals surface area contributed by atoms with Crippen LogP contribution in [0, 0.1) is 0 Å². The van der Waals surface area contributed by atoms with Crippen molar-refractivity contribution in [3.8, 4) is 0 Å². The quantitative estimate of drug-likeness (QED) is 0.597. The van der Waals surface area contributed by atoms with Gasteiger partial charge in [-0.15, -0.1) is 0 Å². The lowest BCUT2D eigenvalue weighted by Crippen LogP contribution is -2.27. The Morgan fingerprint density at radius 1 is 1.23 bits per heavy atom. The van der Waals surface area contributed by atoms with Crippen LogP contribution in [0.4, 0.5) is 17.6 Å². The molecule has 13 heavy (non-hydrogen) atoms. The van der Waals surface area contributed by atoms with Crippen LogP contribution in [0.3, 0.4) is 0 Å². The average Bonchev–Trinajstić information content (AvgIpc) is 1.78. The second-order valence-electron chi connectivity index (χ2n) is 3.91. The summed E-state index contributed by atoms with van der Waals surface area (Å²) in [5, 5.41) is 3.15. The molecule has 0 aliphatic carbocycles. The highest BCUT2D eigenvalue weighted by atomic mass is 15.1. The molecule has 0 unspecified atom stereocenters. The van der Waals surface area contributed by atoms with Crippen molar-refractivity contribution < 1.29 is 0 Å². The molecule has 5 heteroatoms. The maximum atomic E-state index is 5.51. The van der Waals surface area contributed by atoms with E-state index in [1.165, 1.54) is 0 Å². The molecule has 1 rings (SSSR count). The minimum atomic E-state index is -0.0623. The fourth-order valence-electron chi connectivity index (χ4n) is 0.934. The molecule has 1 aromatic heterocycles. The number of rotatable bonds is 1. The van der Waals surface area contributed by atoms with E-state index in [0.29, 0.717) is 11.6 Å². The predicted octanol–water partition coefficient (Wildman–Crippen LogP) is 0.851. The van der Waals surface area contributed by atoms with E-state index in [2.05, 4.69) is 15.3 Å². The first-order valence-corrected chi connectivity index (χ1v) is 4.05. The van der Waals surface area contributed by atoms with Gasteiger partial charge in [0, 0.05) is 11.6 Å². The molecule has 0 atom stereocenters. The van der Waals surface area contributed by atoms with Gasteiger partial charge in [-0.05, 0) is 20.8 Å². The van der Waals surface area contributed by atoms with Crippen molar-refractivity contribution in [2.45, 2.75) is 26.3 Å². The van der Waals surface area contributed by atoms with Gasteiger partial charge in [0.05, 0.1) is 0 Å². The van der Waals surface area contributed by atoms with Crippen LogP contribution in [-0.2, 0) is 0 Å². The molecule has 72 valence electrons. The summed E-state index contributed by atoms with van der Waals surface area (Å²) in [5.74, 6) is 1.21. The molecule has 0 amide bonds. The molecule has 5 nitrogen and oxygen atoms in total.